The second-order valence-electron chi connectivity index (χ2n) is 7.18. The molecule has 0 bridgehead atoms. The second-order valence-corrected chi connectivity index (χ2v) is 9.24. The van der Waals surface area contributed by atoms with E-state index in [2.05, 4.69) is 32.8 Å². The van der Waals surface area contributed by atoms with Crippen molar-refractivity contribution in [2.45, 2.75) is 11.4 Å². The summed E-state index contributed by atoms with van der Waals surface area (Å²) in [5.41, 5.74) is 6.05. The molecule has 0 radical (unpaired) electrons. The van der Waals surface area contributed by atoms with E-state index in [0.717, 1.165) is 18.6 Å². The van der Waals surface area contributed by atoms with Crippen LogP contribution in [0, 0.1) is 5.82 Å². The molecular weight excluding hydrogens is 407 g/mol. The van der Waals surface area contributed by atoms with Crippen LogP contribution >= 0.6 is 23.3 Å². The van der Waals surface area contributed by atoms with Gasteiger partial charge in [0.2, 0.25) is 0 Å². The third-order valence-electron chi connectivity index (χ3n) is 5.21. The molecule has 0 saturated heterocycles. The smallest absolute Gasteiger partial charge is 0.318 e. The number of halogens is 1. The van der Waals surface area contributed by atoms with Crippen molar-refractivity contribution in [2.24, 2.45) is 0 Å². The molecule has 2 aliphatic heterocycles. The highest BCUT2D eigenvalue weighted by molar-refractivity contribution is 7.97. The van der Waals surface area contributed by atoms with Crippen LogP contribution < -0.4 is 5.32 Å². The molecule has 0 atom stereocenters. The zero-order chi connectivity index (χ0) is 19.8. The molecule has 0 aliphatic carbocycles. The zero-order valence-corrected chi connectivity index (χ0v) is 17.2. The Hall–Kier alpha value is -2.42. The Kier molecular flexibility index (Phi) is 4.99. The number of benzene rings is 2. The highest BCUT2D eigenvalue weighted by atomic mass is 32.2. The van der Waals surface area contributed by atoms with E-state index in [1.54, 1.807) is 46.4 Å². The van der Waals surface area contributed by atoms with E-state index in [-0.39, 0.29) is 18.4 Å². The average molecular weight is 427 g/mol. The Morgan fingerprint density at radius 1 is 1.14 bits per heavy atom. The number of rotatable bonds is 4. The minimum atomic E-state index is -0.293. The Morgan fingerprint density at radius 2 is 1.93 bits per heavy atom. The number of amides is 2. The van der Waals surface area contributed by atoms with Crippen molar-refractivity contribution in [2.75, 3.05) is 26.2 Å². The number of hydrogen-bond acceptors (Lipinski definition) is 5. The predicted molar refractivity (Wildman–Crippen MR) is 114 cm³/mol. The summed E-state index contributed by atoms with van der Waals surface area (Å²) in [6.45, 7) is 3.21. The second kappa shape index (κ2) is 7.78. The third-order valence-corrected chi connectivity index (χ3v) is 6.98. The van der Waals surface area contributed by atoms with E-state index in [9.17, 15) is 9.18 Å². The van der Waals surface area contributed by atoms with Crippen LogP contribution in [0.4, 0.5) is 9.18 Å². The number of thiazole rings is 1. The van der Waals surface area contributed by atoms with Crippen LogP contribution in [0.2, 0.25) is 0 Å². The van der Waals surface area contributed by atoms with Gasteiger partial charge in [0.15, 0.2) is 0 Å². The van der Waals surface area contributed by atoms with E-state index in [1.165, 1.54) is 26.8 Å². The van der Waals surface area contributed by atoms with Gasteiger partial charge in [0.25, 0.3) is 0 Å². The number of carbonyl (C=O) groups is 1. The van der Waals surface area contributed by atoms with Crippen molar-refractivity contribution >= 4 is 39.5 Å². The third kappa shape index (κ3) is 3.88. The minimum absolute atomic E-state index is 0.141. The summed E-state index contributed by atoms with van der Waals surface area (Å²) in [5.74, 6) is -0.293. The van der Waals surface area contributed by atoms with Crippen molar-refractivity contribution in [3.05, 3.63) is 70.5 Å². The van der Waals surface area contributed by atoms with E-state index < -0.39 is 0 Å². The van der Waals surface area contributed by atoms with Crippen LogP contribution in [-0.2, 0) is 6.54 Å². The maximum absolute atomic E-state index is 13.7. The van der Waals surface area contributed by atoms with Gasteiger partial charge in [-0.3, -0.25) is 0 Å². The molecule has 2 aliphatic rings. The fourth-order valence-corrected chi connectivity index (χ4v) is 5.55. The molecule has 2 amide bonds. The van der Waals surface area contributed by atoms with Crippen LogP contribution in [0.3, 0.4) is 0 Å². The maximum atomic E-state index is 13.7. The van der Waals surface area contributed by atoms with Crippen LogP contribution in [0.5, 0.6) is 0 Å². The zero-order valence-electron chi connectivity index (χ0n) is 15.6. The van der Waals surface area contributed by atoms with Gasteiger partial charge in [0, 0.05) is 43.2 Å². The standard InChI is InChI=1S/C21H19FN4OS2/c22-18-4-2-1-3-14(18)8-23-21(27)25-9-15-11-26(12-16(15)10-25)29-17-5-6-19-20(7-17)28-13-24-19/h1-7,13H,8-12H2,(H,23,27). The van der Waals surface area contributed by atoms with Gasteiger partial charge in [-0.1, -0.05) is 18.2 Å². The van der Waals surface area contributed by atoms with Gasteiger partial charge in [0.05, 0.1) is 15.7 Å². The van der Waals surface area contributed by atoms with Crippen LogP contribution in [0.1, 0.15) is 5.56 Å². The summed E-state index contributed by atoms with van der Waals surface area (Å²) in [6.07, 6.45) is 0. The van der Waals surface area contributed by atoms with E-state index in [4.69, 9.17) is 0 Å². The molecule has 0 spiro atoms. The molecule has 29 heavy (non-hydrogen) atoms. The van der Waals surface area contributed by atoms with E-state index in [1.807, 2.05) is 5.51 Å². The Morgan fingerprint density at radius 3 is 2.72 bits per heavy atom. The molecule has 148 valence electrons. The number of urea groups is 1. The number of nitrogens with one attached hydrogen (secondary N) is 1. The van der Waals surface area contributed by atoms with Gasteiger partial charge < -0.3 is 10.2 Å². The largest absolute Gasteiger partial charge is 0.334 e. The Balaban J connectivity index is 1.14. The summed E-state index contributed by atoms with van der Waals surface area (Å²) >= 11 is 3.41. The lowest BCUT2D eigenvalue weighted by Gasteiger charge is -2.22. The van der Waals surface area contributed by atoms with Crippen molar-refractivity contribution in [3.63, 3.8) is 0 Å². The van der Waals surface area contributed by atoms with E-state index >= 15 is 0 Å². The molecule has 0 saturated carbocycles. The SMILES string of the molecule is O=C(NCc1ccccc1F)N1CC2=C(CN(Sc3ccc4ncsc4c3)C2)C1. The van der Waals surface area contributed by atoms with Gasteiger partial charge in [-0.05, 0) is 47.4 Å². The topological polar surface area (TPSA) is 48.5 Å². The molecule has 1 N–H and O–H groups in total. The summed E-state index contributed by atoms with van der Waals surface area (Å²) < 4.78 is 17.2. The summed E-state index contributed by atoms with van der Waals surface area (Å²) in [6, 6.07) is 12.7. The number of fused-ring (bicyclic) bond motifs is 1. The summed E-state index contributed by atoms with van der Waals surface area (Å²) in [7, 11) is 0. The summed E-state index contributed by atoms with van der Waals surface area (Å²) in [5, 5.41) is 2.83. The Bertz CT molecular complexity index is 1090. The highest BCUT2D eigenvalue weighted by Crippen LogP contribution is 2.34. The van der Waals surface area contributed by atoms with Crippen LogP contribution in [0.15, 0.2) is 64.0 Å². The first kappa shape index (κ1) is 18.6. The Labute approximate surface area is 176 Å². The normalized spacial score (nSPS) is 16.7. The number of aromatic nitrogens is 1. The minimum Gasteiger partial charge on any atom is -0.334 e. The highest BCUT2D eigenvalue weighted by Gasteiger charge is 2.32. The van der Waals surface area contributed by atoms with Crippen molar-refractivity contribution in [3.8, 4) is 0 Å². The molecular formula is C21H19FN4OS2. The fourth-order valence-electron chi connectivity index (χ4n) is 3.72. The molecule has 5 nitrogen and oxygen atoms in total. The molecule has 1 aromatic heterocycles. The van der Waals surface area contributed by atoms with Crippen LogP contribution in [-0.4, -0.2) is 46.4 Å². The average Bonchev–Trinajstić information content (AvgIpc) is 3.41. The first-order chi connectivity index (χ1) is 14.2. The van der Waals surface area contributed by atoms with Gasteiger partial charge in [0.1, 0.15) is 5.82 Å². The number of carbonyl (C=O) groups excluding carboxylic acids is 1. The first-order valence-corrected chi connectivity index (χ1v) is 11.0. The molecule has 3 heterocycles. The fraction of sp³-hybridized carbons (Fsp3) is 0.238. The first-order valence-electron chi connectivity index (χ1n) is 9.38. The quantitative estimate of drug-likeness (QED) is 0.500. The molecule has 2 aromatic carbocycles. The van der Waals surface area contributed by atoms with Crippen molar-refractivity contribution < 1.29 is 9.18 Å². The predicted octanol–water partition coefficient (Wildman–Crippen LogP) is 4.28. The lowest BCUT2D eigenvalue weighted by Crippen LogP contribution is -2.40. The van der Waals surface area contributed by atoms with Gasteiger partial charge in [-0.2, -0.15) is 0 Å². The molecule has 8 heteroatoms. The van der Waals surface area contributed by atoms with E-state index in [0.29, 0.717) is 18.7 Å². The number of hydrogen-bond donors (Lipinski definition) is 1. The molecule has 0 unspecified atom stereocenters. The van der Waals surface area contributed by atoms with Crippen molar-refractivity contribution in [1.82, 2.24) is 19.5 Å². The number of nitrogens with zero attached hydrogens (tertiary/aromatic N) is 3. The van der Waals surface area contributed by atoms with Crippen molar-refractivity contribution in [1.29, 1.82) is 0 Å². The van der Waals surface area contributed by atoms with Gasteiger partial charge >= 0.3 is 6.03 Å². The maximum Gasteiger partial charge on any atom is 0.318 e. The molecule has 0 fully saturated rings. The van der Waals surface area contributed by atoms with Crippen LogP contribution in [0.25, 0.3) is 10.2 Å². The van der Waals surface area contributed by atoms with Gasteiger partial charge in [-0.15, -0.1) is 11.3 Å². The molecule has 5 rings (SSSR count). The monoisotopic (exact) mass is 426 g/mol. The summed E-state index contributed by atoms with van der Waals surface area (Å²) in [4.78, 5) is 19.8. The molecule has 3 aromatic rings. The lowest BCUT2D eigenvalue weighted by atomic mass is 10.2. The lowest BCUT2D eigenvalue weighted by molar-refractivity contribution is 0.208. The van der Waals surface area contributed by atoms with Gasteiger partial charge in [-0.25, -0.2) is 18.5 Å².